The number of hydrogen-bond acceptors (Lipinski definition) is 6. The topological polar surface area (TPSA) is 84.3 Å². The van der Waals surface area contributed by atoms with E-state index in [4.69, 9.17) is 15.8 Å². The Bertz CT molecular complexity index is 615. The summed E-state index contributed by atoms with van der Waals surface area (Å²) in [5, 5.41) is 26.6. The zero-order valence-corrected chi connectivity index (χ0v) is 10.0. The van der Waals surface area contributed by atoms with Gasteiger partial charge in [0.2, 0.25) is 0 Å². The lowest BCUT2D eigenvalue weighted by molar-refractivity contribution is 1.14. The molecular formula is C11H4N4S2. The van der Waals surface area contributed by atoms with Crippen LogP contribution in [0.2, 0.25) is 0 Å². The SMILES string of the molecule is N#CC(C#N)(C#N)Sc1nc2ccccc2s1. The molecule has 0 saturated carbocycles. The smallest absolute Gasteiger partial charge is 0.230 e. The first kappa shape index (κ1) is 11.4. The summed E-state index contributed by atoms with van der Waals surface area (Å²) in [5.74, 6) is 0. The quantitative estimate of drug-likeness (QED) is 0.771. The summed E-state index contributed by atoms with van der Waals surface area (Å²) in [6, 6.07) is 12.7. The second kappa shape index (κ2) is 4.43. The molecule has 0 radical (unpaired) electrons. The van der Waals surface area contributed by atoms with E-state index < -0.39 is 4.75 Å². The van der Waals surface area contributed by atoms with Crippen LogP contribution >= 0.6 is 23.1 Å². The van der Waals surface area contributed by atoms with Crippen LogP contribution in [0.4, 0.5) is 0 Å². The highest BCUT2D eigenvalue weighted by Gasteiger charge is 2.33. The molecule has 0 saturated heterocycles. The third kappa shape index (κ3) is 2.07. The van der Waals surface area contributed by atoms with E-state index in [1.165, 1.54) is 11.3 Å². The van der Waals surface area contributed by atoms with Gasteiger partial charge in [-0.2, -0.15) is 15.8 Å². The van der Waals surface area contributed by atoms with Gasteiger partial charge in [-0.1, -0.05) is 12.1 Å². The molecule has 1 aromatic carbocycles. The van der Waals surface area contributed by atoms with Crippen LogP contribution in [0, 0.1) is 34.0 Å². The van der Waals surface area contributed by atoms with Gasteiger partial charge in [-0.25, -0.2) is 4.98 Å². The fraction of sp³-hybridized carbons (Fsp3) is 0.0909. The number of thiazole rings is 1. The highest BCUT2D eigenvalue weighted by Crippen LogP contribution is 2.36. The summed E-state index contributed by atoms with van der Waals surface area (Å²) >= 11 is 2.25. The molecule has 4 nitrogen and oxygen atoms in total. The van der Waals surface area contributed by atoms with Crippen molar-refractivity contribution in [2.24, 2.45) is 0 Å². The van der Waals surface area contributed by atoms with E-state index in [0.717, 1.165) is 22.0 Å². The molecule has 0 fully saturated rings. The number of nitriles is 3. The Kier molecular flexibility index (Phi) is 2.97. The molecule has 0 bridgehead atoms. The van der Waals surface area contributed by atoms with Crippen molar-refractivity contribution in [1.82, 2.24) is 4.98 Å². The van der Waals surface area contributed by atoms with Crippen LogP contribution in [0.3, 0.4) is 0 Å². The molecule has 0 aliphatic heterocycles. The number of fused-ring (bicyclic) bond motifs is 1. The Hall–Kier alpha value is -2.07. The molecule has 0 spiro atoms. The predicted molar refractivity (Wildman–Crippen MR) is 65.0 cm³/mol. The lowest BCUT2D eigenvalue weighted by Gasteiger charge is -2.04. The van der Waals surface area contributed by atoms with Crippen molar-refractivity contribution in [2.45, 2.75) is 9.09 Å². The fourth-order valence-corrected chi connectivity index (χ4v) is 3.22. The van der Waals surface area contributed by atoms with Crippen molar-refractivity contribution >= 4 is 33.3 Å². The minimum absolute atomic E-state index is 0.552. The molecule has 0 aliphatic carbocycles. The van der Waals surface area contributed by atoms with Gasteiger partial charge in [0.25, 0.3) is 4.75 Å². The van der Waals surface area contributed by atoms with Crippen molar-refractivity contribution in [1.29, 1.82) is 15.8 Å². The van der Waals surface area contributed by atoms with E-state index in [1.807, 2.05) is 24.3 Å². The number of benzene rings is 1. The number of hydrogen-bond donors (Lipinski definition) is 0. The Labute approximate surface area is 106 Å². The van der Waals surface area contributed by atoms with Crippen LogP contribution in [0.5, 0.6) is 0 Å². The number of para-hydroxylation sites is 1. The number of nitrogens with zero attached hydrogens (tertiary/aromatic N) is 4. The van der Waals surface area contributed by atoms with Crippen molar-refractivity contribution in [3.05, 3.63) is 24.3 Å². The largest absolute Gasteiger partial charge is 0.280 e. The number of aromatic nitrogens is 1. The summed E-state index contributed by atoms with van der Waals surface area (Å²) < 4.78 is -0.193. The maximum Gasteiger partial charge on any atom is 0.280 e. The molecule has 1 aromatic heterocycles. The number of thioether (sulfide) groups is 1. The molecule has 0 N–H and O–H groups in total. The molecule has 2 aromatic rings. The Morgan fingerprint density at radius 1 is 1.12 bits per heavy atom. The minimum Gasteiger partial charge on any atom is -0.230 e. The van der Waals surface area contributed by atoms with Gasteiger partial charge in [-0.3, -0.25) is 0 Å². The maximum atomic E-state index is 8.87. The molecule has 0 aliphatic rings. The van der Waals surface area contributed by atoms with E-state index in [-0.39, 0.29) is 0 Å². The summed E-state index contributed by atoms with van der Waals surface area (Å²) in [6.45, 7) is 0. The molecule has 2 rings (SSSR count). The van der Waals surface area contributed by atoms with E-state index in [9.17, 15) is 0 Å². The van der Waals surface area contributed by atoms with Crippen LogP contribution < -0.4 is 0 Å². The van der Waals surface area contributed by atoms with Crippen molar-refractivity contribution in [3.8, 4) is 18.2 Å². The van der Waals surface area contributed by atoms with Crippen LogP contribution in [0.15, 0.2) is 28.6 Å². The third-order valence-electron chi connectivity index (χ3n) is 1.99. The van der Waals surface area contributed by atoms with Gasteiger partial charge < -0.3 is 0 Å². The molecular weight excluding hydrogens is 252 g/mol. The lowest BCUT2D eigenvalue weighted by atomic mass is 10.2. The number of rotatable bonds is 2. The van der Waals surface area contributed by atoms with Gasteiger partial charge in [0.15, 0.2) is 4.34 Å². The van der Waals surface area contributed by atoms with E-state index in [1.54, 1.807) is 18.2 Å². The van der Waals surface area contributed by atoms with Crippen LogP contribution in [0.1, 0.15) is 0 Å². The summed E-state index contributed by atoms with van der Waals surface area (Å²) in [6.07, 6.45) is 0. The fourth-order valence-electron chi connectivity index (χ4n) is 1.17. The summed E-state index contributed by atoms with van der Waals surface area (Å²) in [4.78, 5) is 4.27. The molecule has 0 unspecified atom stereocenters. The van der Waals surface area contributed by atoms with Crippen molar-refractivity contribution in [3.63, 3.8) is 0 Å². The normalized spacial score (nSPS) is 10.4. The Balaban J connectivity index is 2.41. The van der Waals surface area contributed by atoms with Crippen LogP contribution in [0.25, 0.3) is 10.2 Å². The molecule has 17 heavy (non-hydrogen) atoms. The molecule has 6 heteroatoms. The van der Waals surface area contributed by atoms with Gasteiger partial charge in [0, 0.05) is 0 Å². The van der Waals surface area contributed by atoms with E-state index >= 15 is 0 Å². The first-order valence-corrected chi connectivity index (χ1v) is 6.14. The zero-order chi connectivity index (χ0) is 12.3. The minimum atomic E-state index is -1.71. The van der Waals surface area contributed by atoms with Gasteiger partial charge in [0.1, 0.15) is 18.2 Å². The van der Waals surface area contributed by atoms with Gasteiger partial charge in [-0.15, -0.1) is 11.3 Å². The maximum absolute atomic E-state index is 8.87. The lowest BCUT2D eigenvalue weighted by Crippen LogP contribution is -2.15. The first-order chi connectivity index (χ1) is 8.23. The van der Waals surface area contributed by atoms with E-state index in [2.05, 4.69) is 4.98 Å². The van der Waals surface area contributed by atoms with Gasteiger partial charge >= 0.3 is 0 Å². The van der Waals surface area contributed by atoms with Crippen LogP contribution in [-0.4, -0.2) is 9.73 Å². The van der Waals surface area contributed by atoms with Gasteiger partial charge in [0.05, 0.1) is 10.2 Å². The van der Waals surface area contributed by atoms with E-state index in [0.29, 0.717) is 4.34 Å². The first-order valence-electron chi connectivity index (χ1n) is 4.51. The molecule has 0 amide bonds. The van der Waals surface area contributed by atoms with Crippen molar-refractivity contribution in [2.75, 3.05) is 0 Å². The monoisotopic (exact) mass is 256 g/mol. The second-order valence-corrected chi connectivity index (χ2v) is 5.56. The highest BCUT2D eigenvalue weighted by molar-refractivity contribution is 8.03. The predicted octanol–water partition coefficient (Wildman–Crippen LogP) is 2.70. The zero-order valence-electron chi connectivity index (χ0n) is 8.41. The van der Waals surface area contributed by atoms with Crippen molar-refractivity contribution < 1.29 is 0 Å². The highest BCUT2D eigenvalue weighted by atomic mass is 32.2. The standard InChI is InChI=1S/C11H4N4S2/c12-5-11(6-13,7-14)17-10-15-8-3-1-2-4-9(8)16-10/h1-4H. The Morgan fingerprint density at radius 3 is 2.35 bits per heavy atom. The van der Waals surface area contributed by atoms with Gasteiger partial charge in [-0.05, 0) is 23.9 Å². The molecule has 80 valence electrons. The molecule has 0 atom stereocenters. The second-order valence-electron chi connectivity index (χ2n) is 3.07. The third-order valence-corrected chi connectivity index (χ3v) is 4.16. The average molecular weight is 256 g/mol. The van der Waals surface area contributed by atoms with Crippen LogP contribution in [-0.2, 0) is 0 Å². The Morgan fingerprint density at radius 2 is 1.76 bits per heavy atom. The molecule has 1 heterocycles. The summed E-state index contributed by atoms with van der Waals surface area (Å²) in [7, 11) is 0. The average Bonchev–Trinajstić information content (AvgIpc) is 2.78. The summed E-state index contributed by atoms with van der Waals surface area (Å²) in [5.41, 5.74) is 0.808.